The van der Waals surface area contributed by atoms with Crippen molar-refractivity contribution in [1.82, 2.24) is 0 Å². The van der Waals surface area contributed by atoms with Gasteiger partial charge >= 0.3 is 0 Å². The molecular formula is C16H34O2. The summed E-state index contributed by atoms with van der Waals surface area (Å²) < 4.78 is 0. The average Bonchev–Trinajstić information content (AvgIpc) is 2.25. The van der Waals surface area contributed by atoms with E-state index in [0.717, 1.165) is 18.3 Å². The van der Waals surface area contributed by atoms with E-state index in [1.54, 1.807) is 0 Å². The molecule has 5 atom stereocenters. The fraction of sp³-hybridized carbons (Fsp3) is 1.00. The molecule has 0 aromatic carbocycles. The van der Waals surface area contributed by atoms with Crippen LogP contribution >= 0.6 is 0 Å². The van der Waals surface area contributed by atoms with Crippen LogP contribution in [-0.2, 0) is 0 Å². The maximum Gasteiger partial charge on any atom is 0.0613 e. The molecule has 0 bridgehead atoms. The van der Waals surface area contributed by atoms with Gasteiger partial charge in [0.05, 0.1) is 6.10 Å². The van der Waals surface area contributed by atoms with Crippen molar-refractivity contribution in [1.29, 1.82) is 0 Å². The first kappa shape index (κ1) is 17.9. The summed E-state index contributed by atoms with van der Waals surface area (Å²) in [5.74, 6) is 2.44. The zero-order valence-corrected chi connectivity index (χ0v) is 13.2. The van der Waals surface area contributed by atoms with Crippen LogP contribution in [0.1, 0.15) is 60.8 Å². The van der Waals surface area contributed by atoms with Crippen molar-refractivity contribution in [2.24, 2.45) is 29.6 Å². The number of rotatable bonds is 9. The van der Waals surface area contributed by atoms with Crippen LogP contribution in [-0.4, -0.2) is 22.9 Å². The summed E-state index contributed by atoms with van der Waals surface area (Å²) in [5, 5.41) is 19.1. The van der Waals surface area contributed by atoms with Gasteiger partial charge in [0.15, 0.2) is 0 Å². The normalized spacial score (nSPS) is 20.5. The Bertz CT molecular complexity index is 203. The molecule has 0 aromatic heterocycles. The molecule has 3 unspecified atom stereocenters. The lowest BCUT2D eigenvalue weighted by molar-refractivity contribution is 0.0278. The quantitative estimate of drug-likeness (QED) is 0.662. The molecule has 0 aromatic rings. The van der Waals surface area contributed by atoms with Crippen molar-refractivity contribution in [3.8, 4) is 0 Å². The van der Waals surface area contributed by atoms with Crippen LogP contribution in [0.2, 0.25) is 0 Å². The summed E-state index contributed by atoms with van der Waals surface area (Å²) in [4.78, 5) is 0. The number of aliphatic hydroxyl groups excluding tert-OH is 2. The van der Waals surface area contributed by atoms with Gasteiger partial charge in [0.2, 0.25) is 0 Å². The van der Waals surface area contributed by atoms with Gasteiger partial charge in [-0.25, -0.2) is 0 Å². The van der Waals surface area contributed by atoms with Crippen LogP contribution < -0.4 is 0 Å². The van der Waals surface area contributed by atoms with Crippen molar-refractivity contribution >= 4 is 0 Å². The number of aliphatic hydroxyl groups is 2. The van der Waals surface area contributed by atoms with E-state index < -0.39 is 0 Å². The molecule has 110 valence electrons. The second-order valence-electron chi connectivity index (χ2n) is 6.94. The first-order valence-corrected chi connectivity index (χ1v) is 7.56. The SMILES string of the molecule is CC(C)CC(C)CC(C)CC(C)[C@@H](O)[C@@H](C)CO. The van der Waals surface area contributed by atoms with E-state index in [4.69, 9.17) is 5.11 Å². The topological polar surface area (TPSA) is 40.5 Å². The first-order chi connectivity index (χ1) is 8.27. The lowest BCUT2D eigenvalue weighted by Crippen LogP contribution is -2.29. The highest BCUT2D eigenvalue weighted by atomic mass is 16.3. The van der Waals surface area contributed by atoms with E-state index in [1.807, 2.05) is 6.92 Å². The van der Waals surface area contributed by atoms with Gasteiger partial charge in [-0.2, -0.15) is 0 Å². The standard InChI is InChI=1S/C16H34O2/c1-11(2)7-12(3)8-13(4)9-14(5)16(18)15(6)10-17/h11-18H,7-10H2,1-6H3/t12?,13?,14?,15-,16+/m0/s1. The van der Waals surface area contributed by atoms with Gasteiger partial charge in [0, 0.05) is 12.5 Å². The third kappa shape index (κ3) is 7.38. The molecule has 0 aliphatic carbocycles. The summed E-state index contributed by atoms with van der Waals surface area (Å²) in [7, 11) is 0. The summed E-state index contributed by atoms with van der Waals surface area (Å²) >= 11 is 0. The molecule has 0 aliphatic rings. The van der Waals surface area contributed by atoms with Gasteiger partial charge in [-0.3, -0.25) is 0 Å². The second-order valence-corrected chi connectivity index (χ2v) is 6.94. The predicted molar refractivity (Wildman–Crippen MR) is 78.4 cm³/mol. The Balaban J connectivity index is 4.03. The molecule has 0 saturated heterocycles. The Morgan fingerprint density at radius 1 is 0.722 bits per heavy atom. The minimum absolute atomic E-state index is 0.0136. The fourth-order valence-electron chi connectivity index (χ4n) is 3.13. The third-order valence-corrected chi connectivity index (χ3v) is 3.91. The highest BCUT2D eigenvalue weighted by Gasteiger charge is 2.23. The zero-order valence-electron chi connectivity index (χ0n) is 13.2. The van der Waals surface area contributed by atoms with Gasteiger partial charge in [0.1, 0.15) is 0 Å². The van der Waals surface area contributed by atoms with E-state index >= 15 is 0 Å². The summed E-state index contributed by atoms with van der Waals surface area (Å²) in [5.41, 5.74) is 0. The predicted octanol–water partition coefficient (Wildman–Crippen LogP) is 3.71. The molecule has 0 saturated carbocycles. The van der Waals surface area contributed by atoms with Crippen molar-refractivity contribution in [2.45, 2.75) is 66.9 Å². The molecule has 0 fully saturated rings. The van der Waals surface area contributed by atoms with E-state index in [1.165, 1.54) is 12.8 Å². The molecule has 2 N–H and O–H groups in total. The lowest BCUT2D eigenvalue weighted by Gasteiger charge is -2.27. The van der Waals surface area contributed by atoms with Gasteiger partial charge in [-0.15, -0.1) is 0 Å². The summed E-state index contributed by atoms with van der Waals surface area (Å²) in [6.45, 7) is 13.2. The average molecular weight is 258 g/mol. The van der Waals surface area contributed by atoms with E-state index in [9.17, 15) is 5.11 Å². The Kier molecular flexibility index (Phi) is 8.89. The van der Waals surface area contributed by atoms with Crippen molar-refractivity contribution in [3.05, 3.63) is 0 Å². The molecule has 0 spiro atoms. The Morgan fingerprint density at radius 2 is 1.22 bits per heavy atom. The zero-order chi connectivity index (χ0) is 14.3. The van der Waals surface area contributed by atoms with Crippen LogP contribution in [0.25, 0.3) is 0 Å². The van der Waals surface area contributed by atoms with Crippen molar-refractivity contribution in [2.75, 3.05) is 6.61 Å². The van der Waals surface area contributed by atoms with E-state index in [-0.39, 0.29) is 24.5 Å². The highest BCUT2D eigenvalue weighted by Crippen LogP contribution is 2.26. The maximum absolute atomic E-state index is 10.1. The molecule has 0 radical (unpaired) electrons. The summed E-state index contributed by atoms with van der Waals surface area (Å²) in [6.07, 6.45) is 3.20. The smallest absolute Gasteiger partial charge is 0.0613 e. The van der Waals surface area contributed by atoms with Crippen LogP contribution in [0.3, 0.4) is 0 Å². The molecule has 0 aliphatic heterocycles. The molecule has 2 nitrogen and oxygen atoms in total. The van der Waals surface area contributed by atoms with Crippen LogP contribution in [0.15, 0.2) is 0 Å². The van der Waals surface area contributed by atoms with Crippen LogP contribution in [0.5, 0.6) is 0 Å². The second kappa shape index (κ2) is 8.92. The van der Waals surface area contributed by atoms with Gasteiger partial charge < -0.3 is 10.2 Å². The minimum atomic E-state index is -0.377. The van der Waals surface area contributed by atoms with E-state index in [0.29, 0.717) is 5.92 Å². The monoisotopic (exact) mass is 258 g/mol. The lowest BCUT2D eigenvalue weighted by atomic mass is 9.82. The Morgan fingerprint density at radius 3 is 1.67 bits per heavy atom. The van der Waals surface area contributed by atoms with Gasteiger partial charge in [-0.05, 0) is 42.9 Å². The first-order valence-electron chi connectivity index (χ1n) is 7.56. The Hall–Kier alpha value is -0.0800. The number of hydrogen-bond donors (Lipinski definition) is 2. The van der Waals surface area contributed by atoms with Crippen molar-refractivity contribution in [3.63, 3.8) is 0 Å². The number of hydrogen-bond acceptors (Lipinski definition) is 2. The molecule has 0 heterocycles. The third-order valence-electron chi connectivity index (χ3n) is 3.91. The van der Waals surface area contributed by atoms with Gasteiger partial charge in [0.25, 0.3) is 0 Å². The molecule has 18 heavy (non-hydrogen) atoms. The summed E-state index contributed by atoms with van der Waals surface area (Å²) in [6, 6.07) is 0. The molecule has 0 amide bonds. The van der Waals surface area contributed by atoms with Crippen molar-refractivity contribution < 1.29 is 10.2 Å². The highest BCUT2D eigenvalue weighted by molar-refractivity contribution is 4.73. The molecule has 0 rings (SSSR count). The Labute approximate surface area is 114 Å². The minimum Gasteiger partial charge on any atom is -0.396 e. The molecule has 2 heteroatoms. The van der Waals surface area contributed by atoms with E-state index in [2.05, 4.69) is 34.6 Å². The van der Waals surface area contributed by atoms with Gasteiger partial charge in [-0.1, -0.05) is 41.5 Å². The van der Waals surface area contributed by atoms with Crippen LogP contribution in [0.4, 0.5) is 0 Å². The fourth-order valence-corrected chi connectivity index (χ4v) is 3.13. The van der Waals surface area contributed by atoms with Crippen LogP contribution in [0, 0.1) is 29.6 Å². The largest absolute Gasteiger partial charge is 0.396 e. The maximum atomic E-state index is 10.1. The molecular weight excluding hydrogens is 224 g/mol.